The Hall–Kier alpha value is -1.52. The van der Waals surface area contributed by atoms with Crippen molar-refractivity contribution in [1.82, 2.24) is 4.90 Å². The molecule has 59 heavy (non-hydrogen) atoms. The Labute approximate surface area is 372 Å². The molecule has 0 aromatic carbocycles. The van der Waals surface area contributed by atoms with E-state index in [1.807, 2.05) is 0 Å². The third kappa shape index (κ3) is 49.0. The molecule has 0 aliphatic heterocycles. The third-order valence-electron chi connectivity index (χ3n) is 11.1. The molecule has 0 aromatic rings. The van der Waals surface area contributed by atoms with E-state index in [1.54, 1.807) is 0 Å². The maximum absolute atomic E-state index is 7.00. The fourth-order valence-corrected chi connectivity index (χ4v) is 7.54. The summed E-state index contributed by atoms with van der Waals surface area (Å²) in [6.45, 7) is 26.5. The van der Waals surface area contributed by atoms with Crippen molar-refractivity contribution < 1.29 is 21.5 Å². The number of nitrogens with two attached hydrogens (primary N) is 1. The topological polar surface area (TPSA) is 99.5 Å². The number of hydrogen-bond acceptors (Lipinski definition) is 5. The van der Waals surface area contributed by atoms with E-state index >= 15 is 0 Å². The number of hydrogen-bond donors (Lipinski definition) is 2. The number of aliphatic hydroxyl groups is 1. The molecule has 6 nitrogen and oxygen atoms in total. The largest absolute Gasteiger partial charge is 0.490 e. The van der Waals surface area contributed by atoms with E-state index in [0.717, 1.165) is 63.5 Å². The zero-order chi connectivity index (χ0) is 43.6. The van der Waals surface area contributed by atoms with Crippen LogP contribution in [0.5, 0.6) is 0 Å². The Morgan fingerprint density at radius 2 is 0.915 bits per heavy atom. The number of allylic oxidation sites excluding steroid dienone is 2. The molecule has 0 fully saturated rings. The zero-order valence-corrected chi connectivity index (χ0v) is 41.2. The third-order valence-corrected chi connectivity index (χ3v) is 11.1. The molecule has 0 aliphatic carbocycles. The van der Waals surface area contributed by atoms with Gasteiger partial charge in [-0.15, -0.1) is 0 Å². The maximum Gasteiger partial charge on any atom is 0.138 e. The Morgan fingerprint density at radius 1 is 0.525 bits per heavy atom. The minimum absolute atomic E-state index is 0. The van der Waals surface area contributed by atoms with Crippen LogP contribution in [0.2, 0.25) is 0 Å². The number of ether oxygens (including phenoxy) is 2. The Morgan fingerprint density at radius 3 is 1.36 bits per heavy atom. The number of unbranched alkanes of at least 4 members (excludes halogenated alkanes) is 18. The average Bonchev–Trinajstić information content (AvgIpc) is 3.24. The Kier molecular flexibility index (Phi) is 61.4. The molecule has 0 saturated carbocycles. The highest BCUT2D eigenvalue weighted by Gasteiger charge is 2.13. The first-order valence-electron chi connectivity index (χ1n) is 25.4. The molecule has 0 heterocycles. The van der Waals surface area contributed by atoms with Crippen LogP contribution in [0.15, 0.2) is 36.1 Å². The second kappa shape index (κ2) is 56.5. The van der Waals surface area contributed by atoms with Crippen LogP contribution in [0.25, 0.3) is 0 Å². The lowest BCUT2D eigenvalue weighted by Gasteiger charge is -2.22. The summed E-state index contributed by atoms with van der Waals surface area (Å²) in [5.41, 5.74) is 12.1. The standard InChI is InChI=1S/C49H94N2O2.C3H8.CH4O.H2O.H2/c1-7-13-17-21-29-38-49(39-30-22-18-14-8-2)53-48(12-6)37-28-24-20-26-32-43-51(44-33-41-50)42-31-25-19-23-27-36-47(11-5)52-45-40-46(34-15-9-3)35-16-10-4;1-3-2;1-2;;/h46,49H,5-10,13-45,50H2,1-4H3;3H2,1-2H3;2H,1H3;1H2;1H. The zero-order valence-electron chi connectivity index (χ0n) is 41.2. The van der Waals surface area contributed by atoms with E-state index in [2.05, 4.69) is 71.1 Å². The van der Waals surface area contributed by atoms with E-state index in [4.69, 9.17) is 20.3 Å². The van der Waals surface area contributed by atoms with E-state index in [1.165, 1.54) is 206 Å². The fourth-order valence-electron chi connectivity index (χ4n) is 7.54. The Bertz CT molecular complexity index is 868. The van der Waals surface area contributed by atoms with Gasteiger partial charge in [0.25, 0.3) is 0 Å². The van der Waals surface area contributed by atoms with Crippen molar-refractivity contribution in [1.29, 1.82) is 0 Å². The maximum atomic E-state index is 7.00. The molecule has 0 aliphatic rings. The van der Waals surface area contributed by atoms with Crippen LogP contribution in [-0.2, 0) is 9.47 Å². The lowest BCUT2D eigenvalue weighted by atomic mass is 9.93. The molecule has 0 unspecified atom stereocenters. The van der Waals surface area contributed by atoms with Gasteiger partial charge in [0.1, 0.15) is 11.5 Å². The lowest BCUT2D eigenvalue weighted by Crippen LogP contribution is -2.28. The first kappa shape index (κ1) is 64.1. The molecule has 0 atom stereocenters. The SMILES string of the molecule is C=C=C(CCCCCCCN(CCCN)CCCCCCCC(=C=C)OC(CCCCCCC)CCCCCCC)OCCC(CCCC)CCCC.CCC.CO.O.[HH]. The molecule has 0 saturated heterocycles. The van der Waals surface area contributed by atoms with Crippen LogP contribution in [-0.4, -0.2) is 61.5 Å². The highest BCUT2D eigenvalue weighted by Crippen LogP contribution is 2.23. The van der Waals surface area contributed by atoms with Crippen LogP contribution in [0.3, 0.4) is 0 Å². The van der Waals surface area contributed by atoms with Crippen molar-refractivity contribution in [3.8, 4) is 0 Å². The van der Waals surface area contributed by atoms with E-state index < -0.39 is 0 Å². The van der Waals surface area contributed by atoms with Gasteiger partial charge in [-0.25, -0.2) is 0 Å². The van der Waals surface area contributed by atoms with Crippen LogP contribution in [0, 0.1) is 5.92 Å². The highest BCUT2D eigenvalue weighted by atomic mass is 16.5. The van der Waals surface area contributed by atoms with Gasteiger partial charge in [-0.2, -0.15) is 0 Å². The summed E-state index contributed by atoms with van der Waals surface area (Å²) < 4.78 is 12.7. The predicted octanol–water partition coefficient (Wildman–Crippen LogP) is 15.6. The summed E-state index contributed by atoms with van der Waals surface area (Å²) in [4.78, 5) is 2.67. The van der Waals surface area contributed by atoms with Crippen molar-refractivity contribution in [3.63, 3.8) is 0 Å². The van der Waals surface area contributed by atoms with E-state index in [0.29, 0.717) is 6.10 Å². The summed E-state index contributed by atoms with van der Waals surface area (Å²) in [7, 11) is 1.00. The van der Waals surface area contributed by atoms with Gasteiger partial charge in [0.05, 0.1) is 12.7 Å². The summed E-state index contributed by atoms with van der Waals surface area (Å²) in [6, 6.07) is 0. The van der Waals surface area contributed by atoms with Crippen LogP contribution >= 0.6 is 0 Å². The minimum atomic E-state index is 0. The predicted molar refractivity (Wildman–Crippen MR) is 265 cm³/mol. The Balaban J connectivity index is -0.00000137. The molecule has 6 heteroatoms. The monoisotopic (exact) mass is 839 g/mol. The van der Waals surface area contributed by atoms with E-state index in [-0.39, 0.29) is 6.90 Å². The summed E-state index contributed by atoms with van der Waals surface area (Å²) in [5.74, 6) is 2.81. The van der Waals surface area contributed by atoms with Gasteiger partial charge in [0.15, 0.2) is 0 Å². The molecule has 356 valence electrons. The molecular formula is C53H110N2O4. The van der Waals surface area contributed by atoms with Gasteiger partial charge in [0, 0.05) is 21.4 Å². The van der Waals surface area contributed by atoms with Gasteiger partial charge in [-0.3, -0.25) is 0 Å². The van der Waals surface area contributed by atoms with Crippen LogP contribution < -0.4 is 5.73 Å². The second-order valence-electron chi connectivity index (χ2n) is 16.9. The van der Waals surface area contributed by atoms with Crippen molar-refractivity contribution in [2.24, 2.45) is 11.7 Å². The molecule has 0 radical (unpaired) electrons. The van der Waals surface area contributed by atoms with Gasteiger partial charge >= 0.3 is 0 Å². The van der Waals surface area contributed by atoms with Gasteiger partial charge in [0.2, 0.25) is 0 Å². The smallest absolute Gasteiger partial charge is 0.138 e. The summed E-state index contributed by atoms with van der Waals surface area (Å²) in [5, 5.41) is 7.00. The normalized spacial score (nSPS) is 10.6. The van der Waals surface area contributed by atoms with Crippen molar-refractivity contribution in [2.45, 2.75) is 260 Å². The summed E-state index contributed by atoms with van der Waals surface area (Å²) in [6.07, 6.45) is 42.2. The first-order chi connectivity index (χ1) is 28.5. The molecule has 0 aromatic heterocycles. The molecule has 0 bridgehead atoms. The average molecular weight is 839 g/mol. The van der Waals surface area contributed by atoms with E-state index in [9.17, 15) is 0 Å². The van der Waals surface area contributed by atoms with Crippen molar-refractivity contribution >= 4 is 0 Å². The van der Waals surface area contributed by atoms with Gasteiger partial charge in [-0.05, 0) is 96.3 Å². The second-order valence-corrected chi connectivity index (χ2v) is 16.9. The lowest BCUT2D eigenvalue weighted by molar-refractivity contribution is 0.0890. The molecular weight excluding hydrogens is 729 g/mol. The number of aliphatic hydroxyl groups excluding tert-OH is 1. The van der Waals surface area contributed by atoms with Crippen molar-refractivity contribution in [3.05, 3.63) is 36.1 Å². The fraction of sp³-hybridized carbons (Fsp3) is 0.887. The minimum Gasteiger partial charge on any atom is -0.490 e. The molecule has 0 amide bonds. The highest BCUT2D eigenvalue weighted by molar-refractivity contribution is 4.90. The van der Waals surface area contributed by atoms with Crippen molar-refractivity contribution in [2.75, 3.05) is 39.9 Å². The van der Waals surface area contributed by atoms with Gasteiger partial charge < -0.3 is 30.7 Å². The van der Waals surface area contributed by atoms with Crippen LogP contribution in [0.4, 0.5) is 0 Å². The number of nitrogens with zero attached hydrogens (tertiary/aromatic N) is 1. The molecule has 5 N–H and O–H groups in total. The molecule has 0 rings (SSSR count). The summed E-state index contributed by atoms with van der Waals surface area (Å²) >= 11 is 0. The molecule has 0 spiro atoms. The van der Waals surface area contributed by atoms with Crippen LogP contribution in [0.1, 0.15) is 255 Å². The first-order valence-corrected chi connectivity index (χ1v) is 25.4. The number of rotatable bonds is 43. The quantitative estimate of drug-likeness (QED) is 0.0362. The van der Waals surface area contributed by atoms with Gasteiger partial charge in [-0.1, -0.05) is 201 Å².